The molecule has 0 aromatic carbocycles. The van der Waals surface area contributed by atoms with Crippen LogP contribution >= 0.6 is 24.0 Å². The Bertz CT molecular complexity index is 1120. The monoisotopic (exact) mass is 473 g/mol. The van der Waals surface area contributed by atoms with Crippen LogP contribution in [0.3, 0.4) is 0 Å². The molecule has 2 saturated heterocycles. The molecule has 4 rings (SSSR count). The van der Waals surface area contributed by atoms with Crippen molar-refractivity contribution in [3.05, 3.63) is 45.2 Å². The van der Waals surface area contributed by atoms with E-state index in [0.717, 1.165) is 19.5 Å². The smallest absolute Gasteiger partial charge is 0.267 e. The van der Waals surface area contributed by atoms with Crippen LogP contribution in [0.5, 0.6) is 0 Å². The Balaban J connectivity index is 1.77. The zero-order valence-corrected chi connectivity index (χ0v) is 19.9. The van der Waals surface area contributed by atoms with Crippen molar-refractivity contribution in [2.24, 2.45) is 0 Å². The van der Waals surface area contributed by atoms with Gasteiger partial charge in [-0.3, -0.25) is 23.8 Å². The number of β-amino-alcohol motifs (C(OH)–C–C–N with tert-alkyl or cyclic N) is 1. The summed E-state index contributed by atoms with van der Waals surface area (Å²) in [6.45, 7) is 7.65. The predicted molar refractivity (Wildman–Crippen MR) is 132 cm³/mol. The fourth-order valence-electron chi connectivity index (χ4n) is 3.96. The zero-order valence-electron chi connectivity index (χ0n) is 18.2. The number of nitrogens with zero attached hydrogens (tertiary/aromatic N) is 5. The van der Waals surface area contributed by atoms with Gasteiger partial charge in [0.25, 0.3) is 11.5 Å². The van der Waals surface area contributed by atoms with E-state index in [4.69, 9.17) is 17.2 Å². The van der Waals surface area contributed by atoms with E-state index in [1.807, 2.05) is 19.9 Å². The summed E-state index contributed by atoms with van der Waals surface area (Å²) in [5.41, 5.74) is 0.751. The minimum Gasteiger partial charge on any atom is -0.395 e. The number of piperazine rings is 1. The number of aliphatic hydroxyl groups is 1. The summed E-state index contributed by atoms with van der Waals surface area (Å²) in [6, 6.07) is 5.44. The molecular weight excluding hydrogens is 446 g/mol. The van der Waals surface area contributed by atoms with Gasteiger partial charge in [-0.15, -0.1) is 0 Å². The van der Waals surface area contributed by atoms with Crippen LogP contribution in [0.25, 0.3) is 11.7 Å². The molecule has 0 aliphatic carbocycles. The summed E-state index contributed by atoms with van der Waals surface area (Å²) in [7, 11) is 0. The van der Waals surface area contributed by atoms with Crippen LogP contribution in [0.4, 0.5) is 5.82 Å². The molecule has 8 nitrogen and oxygen atoms in total. The molecule has 170 valence electrons. The van der Waals surface area contributed by atoms with Gasteiger partial charge in [-0.2, -0.15) is 0 Å². The standard InChI is InChI=1S/C22H27N5O3S2/c1-3-15(2)27-21(30)17(32-22(27)31)14-16-19(25-10-8-24(9-11-25)12-13-28)23-18-6-4-5-7-26(18)20(16)29/h4-7,14-15,28H,3,8-13H2,1-2H3/b17-14+. The van der Waals surface area contributed by atoms with Crippen molar-refractivity contribution in [2.45, 2.75) is 26.3 Å². The number of carbonyl (C=O) groups is 1. The number of pyridine rings is 1. The second-order valence-electron chi connectivity index (χ2n) is 7.94. The number of thiocarbonyl (C=S) groups is 1. The minimum atomic E-state index is -0.211. The summed E-state index contributed by atoms with van der Waals surface area (Å²) < 4.78 is 2.02. The van der Waals surface area contributed by atoms with Crippen LogP contribution in [0.2, 0.25) is 0 Å². The first-order valence-electron chi connectivity index (χ1n) is 10.8. The summed E-state index contributed by atoms with van der Waals surface area (Å²) >= 11 is 6.69. The van der Waals surface area contributed by atoms with Gasteiger partial charge < -0.3 is 10.0 Å². The minimum absolute atomic E-state index is 0.00305. The number of aromatic nitrogens is 2. The molecule has 10 heteroatoms. The first-order valence-corrected chi connectivity index (χ1v) is 12.0. The number of thioether (sulfide) groups is 1. The SMILES string of the molecule is CCC(C)N1C(=O)/C(=C\c2c(N3CCN(CCO)CC3)nc3ccccn3c2=O)SC1=S. The predicted octanol–water partition coefficient (Wildman–Crippen LogP) is 1.81. The van der Waals surface area contributed by atoms with Crippen LogP contribution in [0, 0.1) is 0 Å². The molecule has 1 amide bonds. The fraction of sp³-hybridized carbons (Fsp3) is 0.455. The molecule has 2 aliphatic heterocycles. The maximum Gasteiger partial charge on any atom is 0.267 e. The van der Waals surface area contributed by atoms with Crippen LogP contribution in [-0.4, -0.2) is 79.9 Å². The lowest BCUT2D eigenvalue weighted by Gasteiger charge is -2.35. The Morgan fingerprint density at radius 2 is 2.00 bits per heavy atom. The number of hydrogen-bond acceptors (Lipinski definition) is 8. The molecule has 2 aromatic heterocycles. The van der Waals surface area contributed by atoms with Gasteiger partial charge in [-0.05, 0) is 31.6 Å². The summed E-state index contributed by atoms with van der Waals surface area (Å²) in [5, 5.41) is 9.22. The Morgan fingerprint density at radius 1 is 1.25 bits per heavy atom. The number of hydrogen-bond donors (Lipinski definition) is 1. The molecule has 32 heavy (non-hydrogen) atoms. The second kappa shape index (κ2) is 9.70. The molecule has 1 atom stereocenters. The van der Waals surface area contributed by atoms with Crippen molar-refractivity contribution in [3.8, 4) is 0 Å². The molecule has 0 saturated carbocycles. The van der Waals surface area contributed by atoms with Gasteiger partial charge >= 0.3 is 0 Å². The van der Waals surface area contributed by atoms with Crippen molar-refractivity contribution in [3.63, 3.8) is 0 Å². The Morgan fingerprint density at radius 3 is 2.69 bits per heavy atom. The van der Waals surface area contributed by atoms with E-state index in [1.54, 1.807) is 29.3 Å². The van der Waals surface area contributed by atoms with Crippen LogP contribution in [-0.2, 0) is 4.79 Å². The molecule has 2 aromatic rings. The fourth-order valence-corrected chi connectivity index (χ4v) is 5.40. The van der Waals surface area contributed by atoms with Gasteiger partial charge in [0.15, 0.2) is 0 Å². The van der Waals surface area contributed by atoms with Crippen molar-refractivity contribution in [2.75, 3.05) is 44.2 Å². The Kier molecular flexibility index (Phi) is 6.94. The van der Waals surface area contributed by atoms with Crippen LogP contribution in [0.15, 0.2) is 34.1 Å². The van der Waals surface area contributed by atoms with Crippen LogP contribution < -0.4 is 10.5 Å². The molecule has 1 unspecified atom stereocenters. The molecule has 1 N–H and O–H groups in total. The molecule has 2 aliphatic rings. The van der Waals surface area contributed by atoms with Gasteiger partial charge in [-0.25, -0.2) is 4.98 Å². The second-order valence-corrected chi connectivity index (χ2v) is 9.62. The zero-order chi connectivity index (χ0) is 22.8. The number of fused-ring (bicyclic) bond motifs is 1. The average Bonchev–Trinajstić information content (AvgIpc) is 3.08. The maximum atomic E-state index is 13.4. The van der Waals surface area contributed by atoms with Crippen molar-refractivity contribution in [1.29, 1.82) is 0 Å². The summed E-state index contributed by atoms with van der Waals surface area (Å²) in [4.78, 5) is 37.7. The number of amides is 1. The van der Waals surface area contributed by atoms with E-state index in [0.29, 0.717) is 45.9 Å². The van der Waals surface area contributed by atoms with E-state index in [2.05, 4.69) is 9.80 Å². The number of carbonyl (C=O) groups excluding carboxylic acids is 1. The Hall–Kier alpha value is -2.27. The van der Waals surface area contributed by atoms with E-state index >= 15 is 0 Å². The van der Waals surface area contributed by atoms with Crippen molar-refractivity contribution >= 4 is 51.7 Å². The molecule has 4 heterocycles. The van der Waals surface area contributed by atoms with Crippen LogP contribution in [0.1, 0.15) is 25.8 Å². The largest absolute Gasteiger partial charge is 0.395 e. The van der Waals surface area contributed by atoms with Gasteiger partial charge in [0.2, 0.25) is 0 Å². The molecule has 0 radical (unpaired) electrons. The van der Waals surface area contributed by atoms with Gasteiger partial charge in [0.1, 0.15) is 15.8 Å². The van der Waals surface area contributed by atoms with E-state index in [1.165, 1.54) is 16.2 Å². The molecule has 0 spiro atoms. The highest BCUT2D eigenvalue weighted by Gasteiger charge is 2.35. The average molecular weight is 474 g/mol. The van der Waals surface area contributed by atoms with Gasteiger partial charge in [0, 0.05) is 45.0 Å². The maximum absolute atomic E-state index is 13.4. The Labute approximate surface area is 196 Å². The number of anilines is 1. The first kappa shape index (κ1) is 22.9. The summed E-state index contributed by atoms with van der Waals surface area (Å²) in [6.07, 6.45) is 4.14. The third-order valence-corrected chi connectivity index (χ3v) is 7.30. The van der Waals surface area contributed by atoms with Gasteiger partial charge in [0.05, 0.1) is 17.1 Å². The lowest BCUT2D eigenvalue weighted by Crippen LogP contribution is -2.48. The summed E-state index contributed by atoms with van der Waals surface area (Å²) in [5.74, 6) is 0.421. The first-order chi connectivity index (χ1) is 15.4. The highest BCUT2D eigenvalue weighted by Crippen LogP contribution is 2.35. The third kappa shape index (κ3) is 4.32. The number of aliphatic hydroxyl groups excluding tert-OH is 1. The lowest BCUT2D eigenvalue weighted by molar-refractivity contribution is -0.123. The topological polar surface area (TPSA) is 81.4 Å². The molecule has 0 bridgehead atoms. The van der Waals surface area contributed by atoms with Crippen molar-refractivity contribution in [1.82, 2.24) is 19.2 Å². The quantitative estimate of drug-likeness (QED) is 0.503. The highest BCUT2D eigenvalue weighted by atomic mass is 32.2. The normalized spacial score (nSPS) is 20.0. The van der Waals surface area contributed by atoms with E-state index < -0.39 is 0 Å². The van der Waals surface area contributed by atoms with Gasteiger partial charge in [-0.1, -0.05) is 37.0 Å². The third-order valence-electron chi connectivity index (χ3n) is 5.97. The highest BCUT2D eigenvalue weighted by molar-refractivity contribution is 8.26. The van der Waals surface area contributed by atoms with E-state index in [9.17, 15) is 14.7 Å². The molecular formula is C22H27N5O3S2. The number of rotatable bonds is 6. The molecule has 2 fully saturated rings. The van der Waals surface area contributed by atoms with Crippen molar-refractivity contribution < 1.29 is 9.90 Å². The van der Waals surface area contributed by atoms with E-state index in [-0.39, 0.29) is 24.1 Å². The lowest BCUT2D eigenvalue weighted by atomic mass is 10.2.